The SMILES string of the molecule is N#CCC=Cc1cc(Cl)cc(N)c1O. The van der Waals surface area contributed by atoms with Gasteiger partial charge < -0.3 is 10.8 Å². The standard InChI is InChI=1S/C10H9ClN2O/c11-8-5-7(3-1-2-4-12)10(14)9(13)6-8/h1,3,5-6,14H,2,13H2. The van der Waals surface area contributed by atoms with E-state index in [1.165, 1.54) is 6.07 Å². The second kappa shape index (κ2) is 4.54. The Morgan fingerprint density at radius 1 is 1.57 bits per heavy atom. The fraction of sp³-hybridized carbons (Fsp3) is 0.100. The van der Waals surface area contributed by atoms with Gasteiger partial charge in [0.2, 0.25) is 0 Å². The van der Waals surface area contributed by atoms with Crippen LogP contribution in [-0.4, -0.2) is 5.11 Å². The van der Waals surface area contributed by atoms with Crippen molar-refractivity contribution >= 4 is 23.4 Å². The lowest BCUT2D eigenvalue weighted by Gasteiger charge is -2.03. The summed E-state index contributed by atoms with van der Waals surface area (Å²) >= 11 is 5.74. The van der Waals surface area contributed by atoms with Crippen molar-refractivity contribution in [2.45, 2.75) is 6.42 Å². The summed E-state index contributed by atoms with van der Waals surface area (Å²) in [5.74, 6) is -0.0106. The molecule has 0 bridgehead atoms. The van der Waals surface area contributed by atoms with Crippen molar-refractivity contribution in [1.29, 1.82) is 5.26 Å². The molecule has 3 nitrogen and oxygen atoms in total. The molecule has 0 aliphatic carbocycles. The first kappa shape index (κ1) is 10.4. The van der Waals surface area contributed by atoms with Crippen molar-refractivity contribution in [2.75, 3.05) is 5.73 Å². The van der Waals surface area contributed by atoms with E-state index in [1.54, 1.807) is 18.2 Å². The van der Waals surface area contributed by atoms with E-state index in [2.05, 4.69) is 0 Å². The summed E-state index contributed by atoms with van der Waals surface area (Å²) in [6.07, 6.45) is 3.53. The van der Waals surface area contributed by atoms with Gasteiger partial charge in [-0.25, -0.2) is 0 Å². The van der Waals surface area contributed by atoms with E-state index in [1.807, 2.05) is 6.07 Å². The number of hydrogen-bond acceptors (Lipinski definition) is 3. The van der Waals surface area contributed by atoms with Crippen LogP contribution in [0.15, 0.2) is 18.2 Å². The monoisotopic (exact) mass is 208 g/mol. The first-order valence-electron chi connectivity index (χ1n) is 3.96. The van der Waals surface area contributed by atoms with Crippen LogP contribution in [-0.2, 0) is 0 Å². The highest BCUT2D eigenvalue weighted by atomic mass is 35.5. The molecule has 0 saturated carbocycles. The molecule has 0 heterocycles. The Bertz CT molecular complexity index is 407. The lowest BCUT2D eigenvalue weighted by Crippen LogP contribution is -1.87. The molecule has 0 saturated heterocycles. The Labute approximate surface area is 87.0 Å². The fourth-order valence-electron chi connectivity index (χ4n) is 1.01. The highest BCUT2D eigenvalue weighted by molar-refractivity contribution is 6.31. The molecule has 14 heavy (non-hydrogen) atoms. The molecule has 0 radical (unpaired) electrons. The zero-order valence-corrected chi connectivity index (χ0v) is 8.12. The average molecular weight is 209 g/mol. The molecule has 72 valence electrons. The summed E-state index contributed by atoms with van der Waals surface area (Å²) in [6.45, 7) is 0. The average Bonchev–Trinajstić information content (AvgIpc) is 2.13. The zero-order chi connectivity index (χ0) is 10.6. The maximum atomic E-state index is 9.50. The summed E-state index contributed by atoms with van der Waals surface area (Å²) in [4.78, 5) is 0. The van der Waals surface area contributed by atoms with E-state index in [4.69, 9.17) is 22.6 Å². The number of rotatable bonds is 2. The number of halogens is 1. The molecule has 4 heteroatoms. The van der Waals surface area contributed by atoms with Crippen LogP contribution in [0.25, 0.3) is 6.08 Å². The Kier molecular flexibility index (Phi) is 3.38. The topological polar surface area (TPSA) is 70.0 Å². The van der Waals surface area contributed by atoms with Gasteiger partial charge in [-0.15, -0.1) is 0 Å². The molecule has 0 aliphatic rings. The van der Waals surface area contributed by atoms with E-state index in [0.29, 0.717) is 10.6 Å². The number of nitrogens with zero attached hydrogens (tertiary/aromatic N) is 1. The van der Waals surface area contributed by atoms with Crippen molar-refractivity contribution < 1.29 is 5.11 Å². The van der Waals surface area contributed by atoms with Crippen LogP contribution in [0.4, 0.5) is 5.69 Å². The Morgan fingerprint density at radius 2 is 2.29 bits per heavy atom. The maximum absolute atomic E-state index is 9.50. The largest absolute Gasteiger partial charge is 0.505 e. The first-order chi connectivity index (χ1) is 6.65. The van der Waals surface area contributed by atoms with E-state index in [-0.39, 0.29) is 17.9 Å². The summed E-state index contributed by atoms with van der Waals surface area (Å²) in [5, 5.41) is 18.3. The first-order valence-corrected chi connectivity index (χ1v) is 4.34. The lowest BCUT2D eigenvalue weighted by atomic mass is 10.1. The molecule has 0 unspecified atom stereocenters. The van der Waals surface area contributed by atoms with E-state index >= 15 is 0 Å². The smallest absolute Gasteiger partial charge is 0.145 e. The van der Waals surface area contributed by atoms with Gasteiger partial charge in [-0.1, -0.05) is 23.8 Å². The van der Waals surface area contributed by atoms with Crippen LogP contribution < -0.4 is 5.73 Å². The number of phenolic OH excluding ortho intramolecular Hbond substituents is 1. The third kappa shape index (κ3) is 2.41. The molecule has 0 spiro atoms. The van der Waals surface area contributed by atoms with Crippen molar-refractivity contribution in [3.8, 4) is 11.8 Å². The van der Waals surface area contributed by atoms with Crippen molar-refractivity contribution in [2.24, 2.45) is 0 Å². The molecule has 0 aliphatic heterocycles. The molecule has 1 aromatic rings. The Hall–Kier alpha value is -1.66. The predicted molar refractivity (Wildman–Crippen MR) is 56.8 cm³/mol. The van der Waals surface area contributed by atoms with Gasteiger partial charge in [-0.2, -0.15) is 5.26 Å². The molecular weight excluding hydrogens is 200 g/mol. The summed E-state index contributed by atoms with van der Waals surface area (Å²) in [5.41, 5.74) is 6.24. The molecule has 0 aromatic heterocycles. The van der Waals surface area contributed by atoms with Crippen molar-refractivity contribution in [3.05, 3.63) is 28.8 Å². The van der Waals surface area contributed by atoms with E-state index in [0.717, 1.165) is 0 Å². The summed E-state index contributed by atoms with van der Waals surface area (Å²) in [7, 11) is 0. The van der Waals surface area contributed by atoms with Gasteiger partial charge in [0.25, 0.3) is 0 Å². The second-order valence-electron chi connectivity index (χ2n) is 2.70. The van der Waals surface area contributed by atoms with Gasteiger partial charge in [0, 0.05) is 10.6 Å². The minimum Gasteiger partial charge on any atom is -0.505 e. The summed E-state index contributed by atoms with van der Waals surface area (Å²) in [6, 6.07) is 5.01. The van der Waals surface area contributed by atoms with Crippen molar-refractivity contribution in [3.63, 3.8) is 0 Å². The van der Waals surface area contributed by atoms with Gasteiger partial charge in [0.05, 0.1) is 18.2 Å². The van der Waals surface area contributed by atoms with E-state index < -0.39 is 0 Å². The van der Waals surface area contributed by atoms with Gasteiger partial charge in [0.15, 0.2) is 0 Å². The number of benzene rings is 1. The third-order valence-electron chi connectivity index (χ3n) is 1.64. The molecule has 0 atom stereocenters. The van der Waals surface area contributed by atoms with Crippen LogP contribution in [0.1, 0.15) is 12.0 Å². The Balaban J connectivity index is 3.03. The minimum atomic E-state index is -0.0106. The van der Waals surface area contributed by atoms with E-state index in [9.17, 15) is 5.11 Å². The number of allylic oxidation sites excluding steroid dienone is 1. The second-order valence-corrected chi connectivity index (χ2v) is 3.13. The quantitative estimate of drug-likeness (QED) is 0.580. The van der Waals surface area contributed by atoms with Gasteiger partial charge in [-0.05, 0) is 12.1 Å². The minimum absolute atomic E-state index is 0.0106. The zero-order valence-electron chi connectivity index (χ0n) is 7.37. The molecule has 1 rings (SSSR count). The van der Waals surface area contributed by atoms with Crippen molar-refractivity contribution in [1.82, 2.24) is 0 Å². The number of hydrogen-bond donors (Lipinski definition) is 2. The number of anilines is 1. The molecule has 0 fully saturated rings. The number of aromatic hydroxyl groups is 1. The number of nitrogens with two attached hydrogens (primary N) is 1. The Morgan fingerprint density at radius 3 is 2.93 bits per heavy atom. The molecule has 3 N–H and O–H groups in total. The van der Waals surface area contributed by atoms with Crippen LogP contribution in [0.2, 0.25) is 5.02 Å². The molecular formula is C10H9ClN2O. The number of nitriles is 1. The van der Waals surface area contributed by atoms with Gasteiger partial charge >= 0.3 is 0 Å². The number of phenols is 1. The van der Waals surface area contributed by atoms with Crippen LogP contribution in [0.3, 0.4) is 0 Å². The third-order valence-corrected chi connectivity index (χ3v) is 1.86. The normalized spacial score (nSPS) is 10.3. The van der Waals surface area contributed by atoms with Gasteiger partial charge in [-0.3, -0.25) is 0 Å². The number of nitrogen functional groups attached to an aromatic ring is 1. The highest BCUT2D eigenvalue weighted by Gasteiger charge is 2.03. The highest BCUT2D eigenvalue weighted by Crippen LogP contribution is 2.29. The lowest BCUT2D eigenvalue weighted by molar-refractivity contribution is 0.476. The van der Waals surface area contributed by atoms with Crippen LogP contribution in [0.5, 0.6) is 5.75 Å². The molecule has 0 amide bonds. The summed E-state index contributed by atoms with van der Waals surface area (Å²) < 4.78 is 0. The predicted octanol–water partition coefficient (Wildman–Crippen LogP) is 2.55. The maximum Gasteiger partial charge on any atom is 0.145 e. The molecule has 1 aromatic carbocycles. The fourth-order valence-corrected chi connectivity index (χ4v) is 1.24. The van der Waals surface area contributed by atoms with Gasteiger partial charge in [0.1, 0.15) is 5.75 Å². The van der Waals surface area contributed by atoms with Crippen LogP contribution >= 0.6 is 11.6 Å². The van der Waals surface area contributed by atoms with Crippen LogP contribution in [0, 0.1) is 11.3 Å².